The molecule has 3 rings (SSSR count). The maximum atomic E-state index is 12.3. The summed E-state index contributed by atoms with van der Waals surface area (Å²) in [5, 5.41) is 4.19. The fourth-order valence-electron chi connectivity index (χ4n) is 3.44. The van der Waals surface area contributed by atoms with Gasteiger partial charge in [0, 0.05) is 18.7 Å². The minimum Gasteiger partial charge on any atom is -0.294 e. The van der Waals surface area contributed by atoms with Gasteiger partial charge in [-0.2, -0.15) is 5.10 Å². The molecule has 2 bridgehead atoms. The predicted octanol–water partition coefficient (Wildman–Crippen LogP) is 2.52. The van der Waals surface area contributed by atoms with E-state index in [0.717, 1.165) is 24.4 Å². The van der Waals surface area contributed by atoms with Crippen molar-refractivity contribution in [2.45, 2.75) is 39.2 Å². The Balaban J connectivity index is 1.77. The topological polar surface area (TPSA) is 34.9 Å². The number of rotatable bonds is 3. The molecule has 3 atom stereocenters. The smallest absolute Gasteiger partial charge is 0.169 e. The van der Waals surface area contributed by atoms with Crippen molar-refractivity contribution in [2.75, 3.05) is 0 Å². The number of Topliss-reactive ketones (excluding diaryl/α,β-unsaturated/α-hetero) is 1. The highest BCUT2D eigenvalue weighted by molar-refractivity contribution is 5.97. The quantitative estimate of drug-likeness (QED) is 0.731. The normalized spacial score (nSPS) is 32.2. The molecule has 0 spiro atoms. The summed E-state index contributed by atoms with van der Waals surface area (Å²) in [6.07, 6.45) is 8.66. The molecule has 1 aromatic rings. The third-order valence-corrected chi connectivity index (χ3v) is 4.32. The van der Waals surface area contributed by atoms with Gasteiger partial charge in [-0.3, -0.25) is 9.48 Å². The van der Waals surface area contributed by atoms with Crippen LogP contribution in [0, 0.1) is 17.8 Å². The second-order valence-corrected chi connectivity index (χ2v) is 5.23. The summed E-state index contributed by atoms with van der Waals surface area (Å²) in [4.78, 5) is 12.3. The number of hydrogen-bond acceptors (Lipinski definition) is 2. The molecule has 1 aromatic heterocycles. The highest BCUT2D eigenvalue weighted by atomic mass is 16.1. The van der Waals surface area contributed by atoms with Gasteiger partial charge in [-0.05, 0) is 38.0 Å². The van der Waals surface area contributed by atoms with E-state index < -0.39 is 0 Å². The Morgan fingerprint density at radius 3 is 2.94 bits per heavy atom. The first kappa shape index (κ1) is 10.1. The fraction of sp³-hybridized carbons (Fsp3) is 0.692. The molecule has 16 heavy (non-hydrogen) atoms. The van der Waals surface area contributed by atoms with E-state index in [-0.39, 0.29) is 0 Å². The standard InChI is InChI=1S/C13H18N2O/c1-2-15-8-11(7-14-15)13(16)12-6-9-3-4-10(12)5-9/h7-10,12H,2-6H2,1H3. The molecule has 86 valence electrons. The zero-order valence-corrected chi connectivity index (χ0v) is 9.72. The van der Waals surface area contributed by atoms with E-state index in [2.05, 4.69) is 5.10 Å². The number of carbonyl (C=O) groups is 1. The average molecular weight is 218 g/mol. The molecule has 0 amide bonds. The Bertz CT molecular complexity index is 410. The molecular formula is C13H18N2O. The number of fused-ring (bicyclic) bond motifs is 2. The molecule has 0 N–H and O–H groups in total. The van der Waals surface area contributed by atoms with Gasteiger partial charge in [-0.1, -0.05) is 6.42 Å². The van der Waals surface area contributed by atoms with Crippen LogP contribution in [0.25, 0.3) is 0 Å². The van der Waals surface area contributed by atoms with Crippen molar-refractivity contribution >= 4 is 5.78 Å². The van der Waals surface area contributed by atoms with E-state index in [1.807, 2.05) is 17.8 Å². The number of aromatic nitrogens is 2. The summed E-state index contributed by atoms with van der Waals surface area (Å²) in [6, 6.07) is 0. The summed E-state index contributed by atoms with van der Waals surface area (Å²) in [7, 11) is 0. The first-order chi connectivity index (χ1) is 7.78. The van der Waals surface area contributed by atoms with Crippen molar-refractivity contribution in [3.8, 4) is 0 Å². The second kappa shape index (κ2) is 3.72. The van der Waals surface area contributed by atoms with Crippen LogP contribution in [0.15, 0.2) is 12.4 Å². The highest BCUT2D eigenvalue weighted by Crippen LogP contribution is 2.49. The van der Waals surface area contributed by atoms with Crippen molar-refractivity contribution in [1.29, 1.82) is 0 Å². The fourth-order valence-corrected chi connectivity index (χ4v) is 3.44. The zero-order chi connectivity index (χ0) is 11.1. The lowest BCUT2D eigenvalue weighted by Gasteiger charge is -2.19. The molecule has 2 aliphatic carbocycles. The van der Waals surface area contributed by atoms with Crippen LogP contribution in [-0.2, 0) is 6.54 Å². The van der Waals surface area contributed by atoms with E-state index in [9.17, 15) is 4.79 Å². The summed E-state index contributed by atoms with van der Waals surface area (Å²) >= 11 is 0. The van der Waals surface area contributed by atoms with Crippen molar-refractivity contribution in [3.05, 3.63) is 18.0 Å². The number of ketones is 1. The first-order valence-corrected chi connectivity index (χ1v) is 6.34. The van der Waals surface area contributed by atoms with Crippen LogP contribution in [0.5, 0.6) is 0 Å². The minimum absolute atomic E-state index is 0.299. The largest absolute Gasteiger partial charge is 0.294 e. The molecule has 0 radical (unpaired) electrons. The molecule has 2 saturated carbocycles. The van der Waals surface area contributed by atoms with Crippen LogP contribution in [0.3, 0.4) is 0 Å². The Labute approximate surface area is 95.8 Å². The third-order valence-electron chi connectivity index (χ3n) is 4.32. The Morgan fingerprint density at radius 1 is 1.50 bits per heavy atom. The average Bonchev–Trinajstić information content (AvgIpc) is 3.03. The Kier molecular flexibility index (Phi) is 2.34. The highest BCUT2D eigenvalue weighted by Gasteiger charge is 2.43. The molecule has 2 aliphatic rings. The van der Waals surface area contributed by atoms with E-state index in [1.165, 1.54) is 19.3 Å². The number of nitrogens with zero attached hydrogens (tertiary/aromatic N) is 2. The number of hydrogen-bond donors (Lipinski definition) is 0. The van der Waals surface area contributed by atoms with Crippen LogP contribution in [0.1, 0.15) is 43.0 Å². The lowest BCUT2D eigenvalue weighted by Crippen LogP contribution is -2.20. The van der Waals surface area contributed by atoms with E-state index >= 15 is 0 Å². The predicted molar refractivity (Wildman–Crippen MR) is 61.2 cm³/mol. The summed E-state index contributed by atoms with van der Waals surface area (Å²) in [5.41, 5.74) is 0.819. The molecule has 0 saturated heterocycles. The van der Waals surface area contributed by atoms with Gasteiger partial charge >= 0.3 is 0 Å². The monoisotopic (exact) mass is 218 g/mol. The zero-order valence-electron chi connectivity index (χ0n) is 9.72. The van der Waals surface area contributed by atoms with Crippen LogP contribution in [-0.4, -0.2) is 15.6 Å². The van der Waals surface area contributed by atoms with E-state index in [0.29, 0.717) is 17.6 Å². The van der Waals surface area contributed by atoms with Crippen LogP contribution in [0.2, 0.25) is 0 Å². The van der Waals surface area contributed by atoms with Gasteiger partial charge in [-0.15, -0.1) is 0 Å². The van der Waals surface area contributed by atoms with Gasteiger partial charge in [-0.25, -0.2) is 0 Å². The molecule has 1 heterocycles. The Morgan fingerprint density at radius 2 is 2.38 bits per heavy atom. The van der Waals surface area contributed by atoms with Crippen molar-refractivity contribution in [1.82, 2.24) is 9.78 Å². The van der Waals surface area contributed by atoms with Crippen LogP contribution in [0.4, 0.5) is 0 Å². The minimum atomic E-state index is 0.299. The number of carbonyl (C=O) groups excluding carboxylic acids is 1. The molecule has 3 nitrogen and oxygen atoms in total. The van der Waals surface area contributed by atoms with Gasteiger partial charge in [0.15, 0.2) is 5.78 Å². The first-order valence-electron chi connectivity index (χ1n) is 6.34. The van der Waals surface area contributed by atoms with Crippen LogP contribution >= 0.6 is 0 Å². The molecule has 3 unspecified atom stereocenters. The lowest BCUT2D eigenvalue weighted by atomic mass is 9.84. The van der Waals surface area contributed by atoms with Crippen molar-refractivity contribution in [2.24, 2.45) is 17.8 Å². The van der Waals surface area contributed by atoms with Crippen molar-refractivity contribution in [3.63, 3.8) is 0 Å². The lowest BCUT2D eigenvalue weighted by molar-refractivity contribution is 0.0874. The summed E-state index contributed by atoms with van der Waals surface area (Å²) < 4.78 is 1.83. The van der Waals surface area contributed by atoms with Gasteiger partial charge in [0.25, 0.3) is 0 Å². The van der Waals surface area contributed by atoms with E-state index in [4.69, 9.17) is 0 Å². The number of aryl methyl sites for hydroxylation is 1. The molecule has 3 heteroatoms. The maximum Gasteiger partial charge on any atom is 0.169 e. The van der Waals surface area contributed by atoms with Gasteiger partial charge in [0.1, 0.15) is 0 Å². The molecule has 0 aromatic carbocycles. The molecule has 0 aliphatic heterocycles. The van der Waals surface area contributed by atoms with E-state index in [1.54, 1.807) is 6.20 Å². The van der Waals surface area contributed by atoms with Crippen molar-refractivity contribution < 1.29 is 4.79 Å². The second-order valence-electron chi connectivity index (χ2n) is 5.23. The van der Waals surface area contributed by atoms with Gasteiger partial charge < -0.3 is 0 Å². The summed E-state index contributed by atoms with van der Waals surface area (Å²) in [6.45, 7) is 2.88. The van der Waals surface area contributed by atoms with Crippen LogP contribution < -0.4 is 0 Å². The third kappa shape index (κ3) is 1.49. The molecule has 2 fully saturated rings. The maximum absolute atomic E-state index is 12.3. The SMILES string of the molecule is CCn1cc(C(=O)C2CC3CCC2C3)cn1. The van der Waals surface area contributed by atoms with Gasteiger partial charge in [0.05, 0.1) is 11.8 Å². The van der Waals surface area contributed by atoms with Gasteiger partial charge in [0.2, 0.25) is 0 Å². The molecular weight excluding hydrogens is 200 g/mol. The Hall–Kier alpha value is -1.12. The summed E-state index contributed by atoms with van der Waals surface area (Å²) in [5.74, 6) is 2.14.